The third-order valence-electron chi connectivity index (χ3n) is 7.89. The number of hydrogen-bond donors (Lipinski definition) is 1. The standard InChI is InChI=1S/C26H31ClO10/c1-12-7-8-17(34-14(3)28)24(6)10-9-18(35-15(4)29)25(11-33-25)20(24)22(36-16(5)30)26(32)13(2)23(31)37-21(26)19(12)27/h7-10,13,17-22,32H,1,11H2,2-6H3/b8-7-/t13?,17-,18?,19?,20?,21?,22+,24-,25-,26?/m1/s1. The topological polar surface area (TPSA) is 138 Å². The molecule has 2 aliphatic heterocycles. The predicted molar refractivity (Wildman–Crippen MR) is 128 cm³/mol. The molecule has 11 heteroatoms. The van der Waals surface area contributed by atoms with Crippen LogP contribution in [0.15, 0.2) is 36.5 Å². The zero-order valence-electron chi connectivity index (χ0n) is 21.3. The summed E-state index contributed by atoms with van der Waals surface area (Å²) >= 11 is 6.69. The highest BCUT2D eigenvalue weighted by molar-refractivity contribution is 6.23. The van der Waals surface area contributed by atoms with E-state index in [0.29, 0.717) is 0 Å². The Morgan fingerprint density at radius 3 is 2.19 bits per heavy atom. The molecule has 0 bridgehead atoms. The summed E-state index contributed by atoms with van der Waals surface area (Å²) in [5, 5.41) is 11.2. The van der Waals surface area contributed by atoms with E-state index in [0.717, 1.165) is 0 Å². The lowest BCUT2D eigenvalue weighted by Gasteiger charge is -2.53. The summed E-state index contributed by atoms with van der Waals surface area (Å²) < 4.78 is 28.6. The summed E-state index contributed by atoms with van der Waals surface area (Å²) in [5.74, 6) is -4.82. The van der Waals surface area contributed by atoms with E-state index in [1.54, 1.807) is 31.2 Å². The molecule has 2 fully saturated rings. The van der Waals surface area contributed by atoms with E-state index in [2.05, 4.69) is 6.58 Å². The predicted octanol–water partition coefficient (Wildman–Crippen LogP) is 1.77. The molecule has 10 atom stereocenters. The van der Waals surface area contributed by atoms with Gasteiger partial charge in [0.05, 0.1) is 17.9 Å². The molecule has 0 aromatic heterocycles. The lowest BCUT2D eigenvalue weighted by Crippen LogP contribution is -2.68. The molecule has 2 heterocycles. The van der Waals surface area contributed by atoms with Gasteiger partial charge in [0.1, 0.15) is 17.8 Å². The first kappa shape index (κ1) is 27.3. The van der Waals surface area contributed by atoms with E-state index in [-0.39, 0.29) is 12.2 Å². The van der Waals surface area contributed by atoms with Gasteiger partial charge in [-0.2, -0.15) is 0 Å². The average molecular weight is 539 g/mol. The molecular formula is C26H31ClO10. The highest BCUT2D eigenvalue weighted by atomic mass is 35.5. The fourth-order valence-electron chi connectivity index (χ4n) is 5.98. The highest BCUT2D eigenvalue weighted by Gasteiger charge is 2.75. The molecule has 4 rings (SSSR count). The smallest absolute Gasteiger partial charge is 0.312 e. The van der Waals surface area contributed by atoms with Crippen LogP contribution in [0.2, 0.25) is 0 Å². The number of halogens is 1. The van der Waals surface area contributed by atoms with Crippen LogP contribution in [0.4, 0.5) is 0 Å². The van der Waals surface area contributed by atoms with Crippen LogP contribution < -0.4 is 0 Å². The number of epoxide rings is 1. The summed E-state index contributed by atoms with van der Waals surface area (Å²) in [5.41, 5.74) is -4.34. The molecule has 0 radical (unpaired) electrons. The van der Waals surface area contributed by atoms with Crippen molar-refractivity contribution in [1.82, 2.24) is 0 Å². The van der Waals surface area contributed by atoms with Gasteiger partial charge in [-0.1, -0.05) is 25.7 Å². The van der Waals surface area contributed by atoms with Gasteiger partial charge in [0, 0.05) is 32.1 Å². The lowest BCUT2D eigenvalue weighted by atomic mass is 9.56. The van der Waals surface area contributed by atoms with E-state index in [4.69, 9.17) is 35.3 Å². The van der Waals surface area contributed by atoms with Crippen LogP contribution in [0.25, 0.3) is 0 Å². The van der Waals surface area contributed by atoms with Gasteiger partial charge in [0.2, 0.25) is 0 Å². The molecule has 1 N–H and O–H groups in total. The van der Waals surface area contributed by atoms with Crippen LogP contribution in [0.5, 0.6) is 0 Å². The highest BCUT2D eigenvalue weighted by Crippen LogP contribution is 2.60. The summed E-state index contributed by atoms with van der Waals surface area (Å²) in [6.07, 6.45) is 1.76. The van der Waals surface area contributed by atoms with Crippen LogP contribution in [-0.2, 0) is 42.9 Å². The number of rotatable bonds is 3. The van der Waals surface area contributed by atoms with Crippen molar-refractivity contribution in [2.45, 2.75) is 75.6 Å². The van der Waals surface area contributed by atoms with E-state index in [1.807, 2.05) is 0 Å². The van der Waals surface area contributed by atoms with E-state index in [9.17, 15) is 24.3 Å². The van der Waals surface area contributed by atoms with Crippen LogP contribution in [-0.4, -0.2) is 76.6 Å². The number of carbonyl (C=O) groups is 4. The van der Waals surface area contributed by atoms with Crippen molar-refractivity contribution in [3.63, 3.8) is 0 Å². The number of alkyl halides is 1. The maximum atomic E-state index is 12.8. The Balaban J connectivity index is 2.03. The quantitative estimate of drug-likeness (QED) is 0.186. The molecule has 2 saturated heterocycles. The minimum absolute atomic E-state index is 0.0742. The maximum absolute atomic E-state index is 12.8. The lowest BCUT2D eigenvalue weighted by molar-refractivity contribution is -0.214. The number of carbonyl (C=O) groups excluding carboxylic acids is 4. The number of ether oxygens (including phenoxy) is 5. The fraction of sp³-hybridized carbons (Fsp3) is 0.615. The van der Waals surface area contributed by atoms with Crippen molar-refractivity contribution in [2.75, 3.05) is 6.61 Å². The van der Waals surface area contributed by atoms with Gasteiger partial charge in [0.15, 0.2) is 17.8 Å². The van der Waals surface area contributed by atoms with E-state index in [1.165, 1.54) is 27.7 Å². The molecule has 6 unspecified atom stereocenters. The molecule has 0 amide bonds. The largest absolute Gasteiger partial charge is 0.459 e. The number of allylic oxidation sites excluding steroid dienone is 1. The van der Waals surface area contributed by atoms with Crippen LogP contribution >= 0.6 is 11.6 Å². The Labute approximate surface area is 219 Å². The van der Waals surface area contributed by atoms with Gasteiger partial charge in [0.25, 0.3) is 0 Å². The van der Waals surface area contributed by atoms with Crippen molar-refractivity contribution in [2.24, 2.45) is 17.3 Å². The Bertz CT molecular complexity index is 1090. The average Bonchev–Trinajstić information content (AvgIpc) is 3.55. The minimum Gasteiger partial charge on any atom is -0.459 e. The van der Waals surface area contributed by atoms with Gasteiger partial charge in [-0.25, -0.2) is 0 Å². The molecule has 4 aliphatic rings. The van der Waals surface area contributed by atoms with Crippen LogP contribution in [0.3, 0.4) is 0 Å². The minimum atomic E-state index is -2.15. The molecule has 37 heavy (non-hydrogen) atoms. The van der Waals surface area contributed by atoms with Crippen molar-refractivity contribution in [3.05, 3.63) is 36.5 Å². The van der Waals surface area contributed by atoms with Gasteiger partial charge < -0.3 is 28.8 Å². The number of hydrogen-bond acceptors (Lipinski definition) is 10. The molecule has 0 aromatic rings. The second-order valence-electron chi connectivity index (χ2n) is 10.3. The molecule has 1 spiro atoms. The fourth-order valence-corrected chi connectivity index (χ4v) is 6.31. The Morgan fingerprint density at radius 2 is 1.65 bits per heavy atom. The van der Waals surface area contributed by atoms with Crippen molar-refractivity contribution in [1.29, 1.82) is 0 Å². The van der Waals surface area contributed by atoms with Gasteiger partial charge >= 0.3 is 23.9 Å². The van der Waals surface area contributed by atoms with Gasteiger partial charge in [-0.05, 0) is 24.6 Å². The molecule has 0 saturated carbocycles. The SMILES string of the molecule is C=C1/C=C\[C@@H](OC(C)=O)[C@@]2(C)C=CC(OC(C)=O)[C@]3(CO3)C2[C@H](OC(C)=O)C2(O)C(C)C(=O)OC2C1Cl. The first-order valence-electron chi connectivity index (χ1n) is 12.0. The third-order valence-corrected chi connectivity index (χ3v) is 8.40. The van der Waals surface area contributed by atoms with E-state index < -0.39 is 82.1 Å². The third kappa shape index (κ3) is 4.28. The zero-order valence-corrected chi connectivity index (χ0v) is 22.0. The van der Waals surface area contributed by atoms with Crippen LogP contribution in [0, 0.1) is 17.3 Å². The maximum Gasteiger partial charge on any atom is 0.312 e. The molecule has 202 valence electrons. The molecular weight excluding hydrogens is 508 g/mol. The van der Waals surface area contributed by atoms with Gasteiger partial charge in [-0.15, -0.1) is 11.6 Å². The first-order valence-corrected chi connectivity index (χ1v) is 12.4. The Morgan fingerprint density at radius 1 is 1.08 bits per heavy atom. The Kier molecular flexibility index (Phi) is 6.84. The summed E-state index contributed by atoms with van der Waals surface area (Å²) in [7, 11) is 0. The molecule has 2 aliphatic carbocycles. The number of esters is 4. The monoisotopic (exact) mass is 538 g/mol. The summed E-state index contributed by atoms with van der Waals surface area (Å²) in [6.45, 7) is 10.9. The first-order chi connectivity index (χ1) is 17.2. The summed E-state index contributed by atoms with van der Waals surface area (Å²) in [4.78, 5) is 49.5. The molecule has 0 aromatic carbocycles. The van der Waals surface area contributed by atoms with E-state index >= 15 is 0 Å². The second kappa shape index (κ2) is 9.25. The normalized spacial score (nSPS) is 45.2. The Hall–Kier alpha value is -2.69. The van der Waals surface area contributed by atoms with Gasteiger partial charge in [-0.3, -0.25) is 19.2 Å². The van der Waals surface area contributed by atoms with Crippen molar-refractivity contribution >= 4 is 35.5 Å². The van der Waals surface area contributed by atoms with Crippen molar-refractivity contribution in [3.8, 4) is 0 Å². The zero-order chi connectivity index (χ0) is 27.5. The molecule has 10 nitrogen and oxygen atoms in total. The van der Waals surface area contributed by atoms with Crippen LogP contribution in [0.1, 0.15) is 34.6 Å². The summed E-state index contributed by atoms with van der Waals surface area (Å²) in [6, 6.07) is 0. The van der Waals surface area contributed by atoms with Crippen molar-refractivity contribution < 1.29 is 48.0 Å². The number of fused-ring (bicyclic) bond motifs is 3. The number of aliphatic hydroxyl groups is 1. The second-order valence-corrected chi connectivity index (χ2v) is 10.8.